The van der Waals surface area contributed by atoms with E-state index in [1.165, 1.54) is 6.42 Å². The van der Waals surface area contributed by atoms with E-state index in [9.17, 15) is 0 Å². The number of hydrogen-bond donors (Lipinski definition) is 2. The zero-order chi connectivity index (χ0) is 13.0. The molecule has 0 spiro atoms. The molecule has 0 bridgehead atoms. The summed E-state index contributed by atoms with van der Waals surface area (Å²) >= 11 is 0. The van der Waals surface area contributed by atoms with Crippen LogP contribution in [0, 0.1) is 0 Å². The van der Waals surface area contributed by atoms with Crippen molar-refractivity contribution in [2.45, 2.75) is 38.0 Å². The summed E-state index contributed by atoms with van der Waals surface area (Å²) in [5, 5.41) is 3.37. The van der Waals surface area contributed by atoms with Crippen molar-refractivity contribution >= 4 is 11.6 Å². The molecule has 1 saturated carbocycles. The molecule has 100 valence electrons. The van der Waals surface area contributed by atoms with Crippen LogP contribution in [0.3, 0.4) is 0 Å². The Labute approximate surface area is 107 Å². The van der Waals surface area contributed by atoms with Gasteiger partial charge in [0, 0.05) is 20.3 Å². The maximum atomic E-state index is 5.75. The number of rotatable bonds is 5. The van der Waals surface area contributed by atoms with E-state index >= 15 is 0 Å². The number of ether oxygens (including phenoxy) is 2. The van der Waals surface area contributed by atoms with Gasteiger partial charge in [-0.25, -0.2) is 9.97 Å². The van der Waals surface area contributed by atoms with Crippen molar-refractivity contribution in [2.75, 3.05) is 25.3 Å². The number of nitrogens with zero attached hydrogens (tertiary/aromatic N) is 2. The number of anilines is 2. The predicted molar refractivity (Wildman–Crippen MR) is 69.2 cm³/mol. The SMILES string of the molecule is COCc1nc(N)cc(NC2CCCC2OC)n1. The number of nitrogen functional groups attached to an aromatic ring is 1. The van der Waals surface area contributed by atoms with Crippen molar-refractivity contribution in [2.24, 2.45) is 0 Å². The van der Waals surface area contributed by atoms with Gasteiger partial charge in [0.15, 0.2) is 5.82 Å². The van der Waals surface area contributed by atoms with E-state index in [1.807, 2.05) is 0 Å². The largest absolute Gasteiger partial charge is 0.384 e. The van der Waals surface area contributed by atoms with Crippen LogP contribution in [0.5, 0.6) is 0 Å². The maximum Gasteiger partial charge on any atom is 0.158 e. The lowest BCUT2D eigenvalue weighted by Gasteiger charge is -2.20. The van der Waals surface area contributed by atoms with Crippen LogP contribution < -0.4 is 11.1 Å². The normalized spacial score (nSPS) is 23.2. The quantitative estimate of drug-likeness (QED) is 0.819. The fraction of sp³-hybridized carbons (Fsp3) is 0.667. The van der Waals surface area contributed by atoms with Gasteiger partial charge in [-0.3, -0.25) is 0 Å². The van der Waals surface area contributed by atoms with Crippen LogP contribution >= 0.6 is 0 Å². The predicted octanol–water partition coefficient (Wildman–Crippen LogP) is 1.18. The molecule has 1 aromatic heterocycles. The summed E-state index contributed by atoms with van der Waals surface area (Å²) in [5.41, 5.74) is 5.75. The Hall–Kier alpha value is -1.40. The molecule has 1 aromatic rings. The number of nitrogens with two attached hydrogens (primary N) is 1. The summed E-state index contributed by atoms with van der Waals surface area (Å²) in [6, 6.07) is 2.03. The molecule has 0 aliphatic heterocycles. The van der Waals surface area contributed by atoms with Crippen molar-refractivity contribution < 1.29 is 9.47 Å². The van der Waals surface area contributed by atoms with Gasteiger partial charge in [-0.05, 0) is 19.3 Å². The number of hydrogen-bond acceptors (Lipinski definition) is 6. The number of methoxy groups -OCH3 is 2. The summed E-state index contributed by atoms with van der Waals surface area (Å²) in [5.74, 6) is 1.78. The molecule has 3 N–H and O–H groups in total. The first-order chi connectivity index (χ1) is 8.72. The second-order valence-electron chi connectivity index (χ2n) is 4.48. The standard InChI is InChI=1S/C12H20N4O2/c1-17-7-12-15-10(13)6-11(16-12)14-8-4-3-5-9(8)18-2/h6,8-9H,3-5,7H2,1-2H3,(H3,13,14,15,16). The molecule has 0 radical (unpaired) electrons. The Morgan fingerprint density at radius 1 is 1.39 bits per heavy atom. The Bertz CT molecular complexity index is 400. The first-order valence-electron chi connectivity index (χ1n) is 6.14. The van der Waals surface area contributed by atoms with Crippen LogP contribution in [0.1, 0.15) is 25.1 Å². The third-order valence-electron chi connectivity index (χ3n) is 3.15. The van der Waals surface area contributed by atoms with Crippen molar-refractivity contribution in [3.63, 3.8) is 0 Å². The van der Waals surface area contributed by atoms with Gasteiger partial charge in [0.25, 0.3) is 0 Å². The van der Waals surface area contributed by atoms with Gasteiger partial charge < -0.3 is 20.5 Å². The average molecular weight is 252 g/mol. The second-order valence-corrected chi connectivity index (χ2v) is 4.48. The van der Waals surface area contributed by atoms with Crippen LogP contribution in [0.25, 0.3) is 0 Å². The van der Waals surface area contributed by atoms with E-state index in [-0.39, 0.29) is 6.10 Å². The minimum atomic E-state index is 0.243. The molecule has 0 saturated heterocycles. The van der Waals surface area contributed by atoms with E-state index in [4.69, 9.17) is 15.2 Å². The van der Waals surface area contributed by atoms with Gasteiger partial charge in [0.05, 0.1) is 12.1 Å². The molecule has 1 fully saturated rings. The smallest absolute Gasteiger partial charge is 0.158 e. The van der Waals surface area contributed by atoms with E-state index < -0.39 is 0 Å². The molecule has 2 rings (SSSR count). The maximum absolute atomic E-state index is 5.75. The molecule has 2 atom stereocenters. The van der Waals surface area contributed by atoms with Crippen LogP contribution in [0.4, 0.5) is 11.6 Å². The highest BCUT2D eigenvalue weighted by Crippen LogP contribution is 2.24. The molecule has 1 heterocycles. The topological polar surface area (TPSA) is 82.3 Å². The molecule has 18 heavy (non-hydrogen) atoms. The molecule has 6 nitrogen and oxygen atoms in total. The van der Waals surface area contributed by atoms with E-state index in [0.29, 0.717) is 24.3 Å². The molecular formula is C12H20N4O2. The minimum Gasteiger partial charge on any atom is -0.384 e. The lowest BCUT2D eigenvalue weighted by Crippen LogP contribution is -2.30. The molecule has 1 aliphatic rings. The minimum absolute atomic E-state index is 0.243. The Balaban J connectivity index is 2.08. The highest BCUT2D eigenvalue weighted by atomic mass is 16.5. The first kappa shape index (κ1) is 13.0. The lowest BCUT2D eigenvalue weighted by molar-refractivity contribution is 0.101. The van der Waals surface area contributed by atoms with Crippen LogP contribution in [-0.4, -0.2) is 36.3 Å². The van der Waals surface area contributed by atoms with Gasteiger partial charge in [0.1, 0.15) is 18.2 Å². The molecular weight excluding hydrogens is 232 g/mol. The third-order valence-corrected chi connectivity index (χ3v) is 3.15. The van der Waals surface area contributed by atoms with Gasteiger partial charge in [-0.1, -0.05) is 0 Å². The van der Waals surface area contributed by atoms with Crippen LogP contribution in [0.15, 0.2) is 6.07 Å². The fourth-order valence-electron chi connectivity index (χ4n) is 2.35. The van der Waals surface area contributed by atoms with E-state index in [0.717, 1.165) is 18.7 Å². The first-order valence-corrected chi connectivity index (χ1v) is 6.14. The summed E-state index contributed by atoms with van der Waals surface area (Å²) < 4.78 is 10.5. The third kappa shape index (κ3) is 3.08. The number of aromatic nitrogens is 2. The lowest BCUT2D eigenvalue weighted by atomic mass is 10.2. The summed E-state index contributed by atoms with van der Waals surface area (Å²) in [6.07, 6.45) is 3.58. The summed E-state index contributed by atoms with van der Waals surface area (Å²) in [4.78, 5) is 8.48. The van der Waals surface area contributed by atoms with Gasteiger partial charge in [0.2, 0.25) is 0 Å². The second kappa shape index (κ2) is 5.97. The van der Waals surface area contributed by atoms with Crippen molar-refractivity contribution in [3.05, 3.63) is 11.9 Å². The van der Waals surface area contributed by atoms with Crippen molar-refractivity contribution in [1.29, 1.82) is 0 Å². The average Bonchev–Trinajstić information content (AvgIpc) is 2.76. The number of nitrogens with one attached hydrogen (secondary N) is 1. The molecule has 1 aliphatic carbocycles. The van der Waals surface area contributed by atoms with Crippen LogP contribution in [0.2, 0.25) is 0 Å². The van der Waals surface area contributed by atoms with E-state index in [1.54, 1.807) is 20.3 Å². The monoisotopic (exact) mass is 252 g/mol. The molecule has 6 heteroatoms. The molecule has 0 amide bonds. The summed E-state index contributed by atoms with van der Waals surface area (Å²) in [7, 11) is 3.35. The molecule has 2 unspecified atom stereocenters. The molecule has 0 aromatic carbocycles. The summed E-state index contributed by atoms with van der Waals surface area (Å²) in [6.45, 7) is 0.359. The fourth-order valence-corrected chi connectivity index (χ4v) is 2.35. The Morgan fingerprint density at radius 2 is 2.22 bits per heavy atom. The Kier molecular flexibility index (Phi) is 4.33. The van der Waals surface area contributed by atoms with E-state index in [2.05, 4.69) is 15.3 Å². The van der Waals surface area contributed by atoms with Gasteiger partial charge in [-0.2, -0.15) is 0 Å². The van der Waals surface area contributed by atoms with Crippen molar-refractivity contribution in [3.8, 4) is 0 Å². The zero-order valence-electron chi connectivity index (χ0n) is 10.8. The van der Waals surface area contributed by atoms with Gasteiger partial charge in [-0.15, -0.1) is 0 Å². The zero-order valence-corrected chi connectivity index (χ0v) is 10.8. The Morgan fingerprint density at radius 3 is 2.94 bits per heavy atom. The highest BCUT2D eigenvalue weighted by Gasteiger charge is 2.27. The van der Waals surface area contributed by atoms with Crippen molar-refractivity contribution in [1.82, 2.24) is 9.97 Å². The van der Waals surface area contributed by atoms with Crippen LogP contribution in [-0.2, 0) is 16.1 Å². The van der Waals surface area contributed by atoms with Gasteiger partial charge >= 0.3 is 0 Å². The highest BCUT2D eigenvalue weighted by molar-refractivity contribution is 5.45.